The van der Waals surface area contributed by atoms with Crippen LogP contribution in [0.2, 0.25) is 0 Å². The Balaban J connectivity index is 1.23. The van der Waals surface area contributed by atoms with Gasteiger partial charge in [0.1, 0.15) is 12.6 Å². The van der Waals surface area contributed by atoms with Crippen molar-refractivity contribution in [2.75, 3.05) is 11.9 Å². The van der Waals surface area contributed by atoms with Crippen LogP contribution in [-0.4, -0.2) is 39.5 Å². The summed E-state index contributed by atoms with van der Waals surface area (Å²) < 4.78 is 5.43. The van der Waals surface area contributed by atoms with Crippen molar-refractivity contribution in [3.8, 4) is 11.3 Å². The standard InChI is InChI=1S/C25H24N4O3S/c1-16-12-19-13-18(9-10-20(19)26-16)21-15-33-24(27-21)28-23(30)22-8-5-11-29(22)25(31)32-14-17-6-3-2-4-7-17/h2-4,6-7,9-10,12-13,15,22,26H,5,8,11,14H2,1H3,(H,27,28,30)/t22-/m0/s1. The number of rotatable bonds is 5. The molecule has 0 saturated carbocycles. The Morgan fingerprint density at radius 3 is 2.91 bits per heavy atom. The van der Waals surface area contributed by atoms with Crippen LogP contribution >= 0.6 is 11.3 Å². The molecule has 2 amide bonds. The van der Waals surface area contributed by atoms with Crippen molar-refractivity contribution < 1.29 is 14.3 Å². The van der Waals surface area contributed by atoms with Gasteiger partial charge in [0.05, 0.1) is 5.69 Å². The van der Waals surface area contributed by atoms with Crippen molar-refractivity contribution in [1.29, 1.82) is 0 Å². The Bertz CT molecular complexity index is 1300. The van der Waals surface area contributed by atoms with E-state index in [1.807, 2.05) is 54.8 Å². The van der Waals surface area contributed by atoms with Gasteiger partial charge in [-0.25, -0.2) is 9.78 Å². The van der Waals surface area contributed by atoms with E-state index < -0.39 is 12.1 Å². The van der Waals surface area contributed by atoms with Crippen molar-refractivity contribution in [1.82, 2.24) is 14.9 Å². The summed E-state index contributed by atoms with van der Waals surface area (Å²) in [5, 5.41) is 6.46. The number of fused-ring (bicyclic) bond motifs is 1. The highest BCUT2D eigenvalue weighted by Gasteiger charge is 2.35. The lowest BCUT2D eigenvalue weighted by molar-refractivity contribution is -0.120. The highest BCUT2D eigenvalue weighted by atomic mass is 32.1. The molecule has 0 radical (unpaired) electrons. The average molecular weight is 461 g/mol. The molecule has 1 saturated heterocycles. The molecule has 5 rings (SSSR count). The quantitative estimate of drug-likeness (QED) is 0.421. The third-order valence-electron chi connectivity index (χ3n) is 5.78. The fourth-order valence-electron chi connectivity index (χ4n) is 4.15. The summed E-state index contributed by atoms with van der Waals surface area (Å²) in [6.07, 6.45) is 0.901. The van der Waals surface area contributed by atoms with E-state index in [1.54, 1.807) is 0 Å². The minimum atomic E-state index is -0.556. The van der Waals surface area contributed by atoms with E-state index in [0.29, 0.717) is 18.1 Å². The first-order chi connectivity index (χ1) is 16.1. The molecule has 0 unspecified atom stereocenters. The fourth-order valence-corrected chi connectivity index (χ4v) is 4.87. The van der Waals surface area contributed by atoms with Crippen LogP contribution in [0.25, 0.3) is 22.2 Å². The minimum Gasteiger partial charge on any atom is -0.445 e. The summed E-state index contributed by atoms with van der Waals surface area (Å²) >= 11 is 1.37. The number of aromatic nitrogens is 2. The Hall–Kier alpha value is -3.65. The molecule has 1 aliphatic heterocycles. The van der Waals surface area contributed by atoms with Crippen molar-refractivity contribution in [3.05, 3.63) is 71.2 Å². The van der Waals surface area contributed by atoms with Crippen LogP contribution in [0.5, 0.6) is 0 Å². The molecule has 0 spiro atoms. The van der Waals surface area contributed by atoms with E-state index in [-0.39, 0.29) is 12.5 Å². The molecule has 1 atom stereocenters. The molecule has 2 N–H and O–H groups in total. The number of hydrogen-bond acceptors (Lipinski definition) is 5. The lowest BCUT2D eigenvalue weighted by atomic mass is 10.1. The molecular weight excluding hydrogens is 436 g/mol. The number of nitrogens with one attached hydrogen (secondary N) is 2. The number of hydrogen-bond donors (Lipinski definition) is 2. The van der Waals surface area contributed by atoms with Gasteiger partial charge < -0.3 is 15.0 Å². The van der Waals surface area contributed by atoms with Gasteiger partial charge in [0.15, 0.2) is 5.13 Å². The van der Waals surface area contributed by atoms with Gasteiger partial charge in [-0.1, -0.05) is 36.4 Å². The molecular formula is C25H24N4O3S. The molecule has 1 aliphatic rings. The number of carbonyl (C=O) groups is 2. The smallest absolute Gasteiger partial charge is 0.410 e. The maximum Gasteiger partial charge on any atom is 0.410 e. The topological polar surface area (TPSA) is 87.3 Å². The molecule has 8 heteroatoms. The second-order valence-corrected chi connectivity index (χ2v) is 9.03. The van der Waals surface area contributed by atoms with Gasteiger partial charge >= 0.3 is 6.09 Å². The normalized spacial score (nSPS) is 15.7. The molecule has 4 aromatic rings. The summed E-state index contributed by atoms with van der Waals surface area (Å²) in [5.41, 5.74) is 4.90. The number of carbonyl (C=O) groups excluding carboxylic acids is 2. The number of amides is 2. The molecule has 168 valence electrons. The highest BCUT2D eigenvalue weighted by molar-refractivity contribution is 7.14. The largest absolute Gasteiger partial charge is 0.445 e. The molecule has 0 aliphatic carbocycles. The Kier molecular flexibility index (Phi) is 5.83. The van der Waals surface area contributed by atoms with Crippen molar-refractivity contribution in [2.24, 2.45) is 0 Å². The number of anilines is 1. The van der Waals surface area contributed by atoms with E-state index in [0.717, 1.165) is 39.8 Å². The predicted octanol–water partition coefficient (Wildman–Crippen LogP) is 5.34. The van der Waals surface area contributed by atoms with Gasteiger partial charge in [-0.2, -0.15) is 0 Å². The Morgan fingerprint density at radius 2 is 2.06 bits per heavy atom. The number of nitrogens with zero attached hydrogens (tertiary/aromatic N) is 2. The Morgan fingerprint density at radius 1 is 1.21 bits per heavy atom. The van der Waals surface area contributed by atoms with Crippen LogP contribution in [0, 0.1) is 6.92 Å². The third kappa shape index (κ3) is 4.61. The SMILES string of the molecule is Cc1cc2cc(-c3csc(NC(=O)[C@@H]4CCCN4C(=O)OCc4ccccc4)n3)ccc2[nH]1. The zero-order chi connectivity index (χ0) is 22.8. The van der Waals surface area contributed by atoms with Gasteiger partial charge in [-0.3, -0.25) is 9.69 Å². The van der Waals surface area contributed by atoms with Crippen LogP contribution in [0.1, 0.15) is 24.1 Å². The fraction of sp³-hybridized carbons (Fsp3) is 0.240. The van der Waals surface area contributed by atoms with E-state index in [1.165, 1.54) is 16.2 Å². The van der Waals surface area contributed by atoms with Crippen LogP contribution in [0.4, 0.5) is 9.93 Å². The van der Waals surface area contributed by atoms with Crippen LogP contribution in [0.3, 0.4) is 0 Å². The van der Waals surface area contributed by atoms with E-state index in [4.69, 9.17) is 4.74 Å². The van der Waals surface area contributed by atoms with Crippen molar-refractivity contribution >= 4 is 39.4 Å². The summed E-state index contributed by atoms with van der Waals surface area (Å²) in [4.78, 5) is 34.9. The second-order valence-electron chi connectivity index (χ2n) is 8.17. The monoisotopic (exact) mass is 460 g/mol. The van der Waals surface area contributed by atoms with Gasteiger partial charge in [-0.15, -0.1) is 11.3 Å². The van der Waals surface area contributed by atoms with Gasteiger partial charge in [0, 0.05) is 34.1 Å². The first kappa shape index (κ1) is 21.2. The summed E-state index contributed by atoms with van der Waals surface area (Å²) in [7, 11) is 0. The number of thiazole rings is 1. The Labute approximate surface area is 195 Å². The van der Waals surface area contributed by atoms with Gasteiger partial charge in [-0.05, 0) is 43.5 Å². The first-order valence-corrected chi connectivity index (χ1v) is 11.8. The maximum absolute atomic E-state index is 12.9. The zero-order valence-electron chi connectivity index (χ0n) is 18.2. The number of ether oxygens (including phenoxy) is 1. The predicted molar refractivity (Wildman–Crippen MR) is 129 cm³/mol. The van der Waals surface area contributed by atoms with Crippen LogP contribution < -0.4 is 5.32 Å². The lowest BCUT2D eigenvalue weighted by Crippen LogP contribution is -2.43. The number of aromatic amines is 1. The molecule has 2 aromatic heterocycles. The van der Waals surface area contributed by atoms with E-state index in [2.05, 4.69) is 27.4 Å². The van der Waals surface area contributed by atoms with E-state index >= 15 is 0 Å². The number of H-pyrrole nitrogens is 1. The van der Waals surface area contributed by atoms with Crippen molar-refractivity contribution in [3.63, 3.8) is 0 Å². The lowest BCUT2D eigenvalue weighted by Gasteiger charge is -2.22. The summed E-state index contributed by atoms with van der Waals surface area (Å²) in [6, 6.07) is 17.2. The second kappa shape index (κ2) is 9.07. The molecule has 33 heavy (non-hydrogen) atoms. The molecule has 0 bridgehead atoms. The van der Waals surface area contributed by atoms with Gasteiger partial charge in [0.25, 0.3) is 0 Å². The molecule has 3 heterocycles. The molecule has 2 aromatic carbocycles. The minimum absolute atomic E-state index is 0.186. The summed E-state index contributed by atoms with van der Waals surface area (Å²) in [5.74, 6) is -0.234. The van der Waals surface area contributed by atoms with Crippen LogP contribution in [-0.2, 0) is 16.1 Å². The molecule has 7 nitrogen and oxygen atoms in total. The third-order valence-corrected chi connectivity index (χ3v) is 6.54. The van der Waals surface area contributed by atoms with Crippen LogP contribution in [0.15, 0.2) is 60.0 Å². The number of aryl methyl sites for hydroxylation is 1. The highest BCUT2D eigenvalue weighted by Crippen LogP contribution is 2.29. The number of benzene rings is 2. The summed E-state index contributed by atoms with van der Waals surface area (Å²) in [6.45, 7) is 2.72. The first-order valence-electron chi connectivity index (χ1n) is 10.9. The molecule has 1 fully saturated rings. The zero-order valence-corrected chi connectivity index (χ0v) is 19.0. The number of likely N-dealkylation sites (tertiary alicyclic amines) is 1. The maximum atomic E-state index is 12.9. The van der Waals surface area contributed by atoms with Crippen molar-refractivity contribution in [2.45, 2.75) is 32.4 Å². The average Bonchev–Trinajstić information content (AvgIpc) is 3.56. The van der Waals surface area contributed by atoms with Gasteiger partial charge in [0.2, 0.25) is 5.91 Å². The van der Waals surface area contributed by atoms with E-state index in [9.17, 15) is 9.59 Å².